The van der Waals surface area contributed by atoms with Crippen molar-refractivity contribution in [3.63, 3.8) is 0 Å². The number of cyclic esters (lactones) is 2. The number of rotatable bonds is 0. The highest BCUT2D eigenvalue weighted by Gasteiger charge is 2.68. The fraction of sp³-hybridized carbons (Fsp3) is 0.556. The number of hydrogen-bond acceptors (Lipinski definition) is 3. The average Bonchev–Trinajstić information content (AvgIpc) is 2.66. The Kier molecular flexibility index (Phi) is 1.22. The Balaban J connectivity index is 2.17. The van der Waals surface area contributed by atoms with Crippen LogP contribution in [0.25, 0.3) is 0 Å². The molecule has 4 heteroatoms. The summed E-state index contributed by atoms with van der Waals surface area (Å²) in [4.78, 5) is 22.8. The van der Waals surface area contributed by atoms with E-state index in [2.05, 4.69) is 20.7 Å². The van der Waals surface area contributed by atoms with Crippen molar-refractivity contribution in [2.75, 3.05) is 0 Å². The molecule has 68 valence electrons. The Morgan fingerprint density at radius 3 is 2.92 bits per heavy atom. The van der Waals surface area contributed by atoms with E-state index in [1.54, 1.807) is 0 Å². The maximum Gasteiger partial charge on any atom is 0.332 e. The maximum absolute atomic E-state index is 11.5. The summed E-state index contributed by atoms with van der Waals surface area (Å²) in [7, 11) is 0. The third-order valence-corrected chi connectivity index (χ3v) is 4.70. The van der Waals surface area contributed by atoms with E-state index in [0.29, 0.717) is 0 Å². The van der Waals surface area contributed by atoms with Crippen molar-refractivity contribution in [3.05, 3.63) is 12.2 Å². The Bertz CT molecular complexity index is 349. The largest absolute Gasteiger partial charge is 0.392 e. The van der Waals surface area contributed by atoms with Gasteiger partial charge in [-0.3, -0.25) is 4.79 Å². The summed E-state index contributed by atoms with van der Waals surface area (Å²) < 4.78 is 3.91. The molecular weight excluding hydrogens is 236 g/mol. The zero-order valence-electron chi connectivity index (χ0n) is 6.70. The number of halogens is 1. The lowest BCUT2D eigenvalue weighted by atomic mass is 9.85. The van der Waals surface area contributed by atoms with E-state index in [-0.39, 0.29) is 23.7 Å². The molecule has 0 spiro atoms. The Morgan fingerprint density at radius 1 is 1.46 bits per heavy atom. The van der Waals surface area contributed by atoms with Crippen molar-refractivity contribution >= 4 is 27.9 Å². The normalized spacial score (nSPS) is 51.3. The van der Waals surface area contributed by atoms with Crippen LogP contribution >= 0.6 is 15.9 Å². The zero-order valence-corrected chi connectivity index (χ0v) is 8.28. The van der Waals surface area contributed by atoms with Gasteiger partial charge in [0.15, 0.2) is 0 Å². The molecule has 0 aromatic carbocycles. The highest BCUT2D eigenvalue weighted by Crippen LogP contribution is 2.58. The molecule has 4 atom stereocenters. The molecule has 3 nitrogen and oxygen atoms in total. The molecule has 0 unspecified atom stereocenters. The van der Waals surface area contributed by atoms with Gasteiger partial charge in [0.1, 0.15) is 4.32 Å². The molecule has 2 bridgehead atoms. The summed E-state index contributed by atoms with van der Waals surface area (Å²) in [5.41, 5.74) is 0. The van der Waals surface area contributed by atoms with Crippen molar-refractivity contribution in [2.45, 2.75) is 10.7 Å². The second kappa shape index (κ2) is 2.05. The van der Waals surface area contributed by atoms with Crippen LogP contribution < -0.4 is 0 Å². The van der Waals surface area contributed by atoms with E-state index in [0.717, 1.165) is 6.42 Å². The van der Waals surface area contributed by atoms with E-state index in [1.807, 2.05) is 12.2 Å². The third kappa shape index (κ3) is 0.676. The van der Waals surface area contributed by atoms with E-state index in [4.69, 9.17) is 0 Å². The van der Waals surface area contributed by atoms with Crippen LogP contribution in [0.4, 0.5) is 0 Å². The van der Waals surface area contributed by atoms with E-state index in [9.17, 15) is 9.59 Å². The van der Waals surface area contributed by atoms with Crippen molar-refractivity contribution in [2.24, 2.45) is 17.8 Å². The molecule has 1 heterocycles. The number of ether oxygens (including phenoxy) is 1. The standard InChI is InChI=1S/C9H7BrO3/c10-9-5-2-1-4(3-5)6(9)7(11)13-8(9)12/h1-2,4-6H,3H2/t4-,5-,6+,9+/m1/s1. The molecule has 0 aromatic heterocycles. The molecular formula is C9H7BrO3. The molecule has 2 aliphatic carbocycles. The first-order chi connectivity index (χ1) is 6.14. The molecule has 1 saturated carbocycles. The van der Waals surface area contributed by atoms with Gasteiger partial charge in [-0.15, -0.1) is 0 Å². The number of allylic oxidation sites excluding steroid dienone is 2. The summed E-state index contributed by atoms with van der Waals surface area (Å²) in [5.74, 6) is -0.710. The highest BCUT2D eigenvalue weighted by atomic mass is 79.9. The molecule has 3 aliphatic rings. The maximum atomic E-state index is 11.5. The predicted molar refractivity (Wildman–Crippen MR) is 47.0 cm³/mol. The first kappa shape index (κ1) is 7.74. The predicted octanol–water partition coefficient (Wildman–Crippen LogP) is 1.03. The van der Waals surface area contributed by atoms with E-state index < -0.39 is 10.3 Å². The lowest BCUT2D eigenvalue weighted by Gasteiger charge is -2.23. The highest BCUT2D eigenvalue weighted by molar-refractivity contribution is 9.10. The molecule has 13 heavy (non-hydrogen) atoms. The third-order valence-electron chi connectivity index (χ3n) is 3.30. The van der Waals surface area contributed by atoms with Crippen LogP contribution in [0, 0.1) is 17.8 Å². The van der Waals surface area contributed by atoms with Crippen molar-refractivity contribution in [1.82, 2.24) is 0 Å². The van der Waals surface area contributed by atoms with Gasteiger partial charge in [0.2, 0.25) is 0 Å². The fourth-order valence-electron chi connectivity index (χ4n) is 2.69. The summed E-state index contributed by atoms with van der Waals surface area (Å²) in [6.07, 6.45) is 4.93. The SMILES string of the molecule is O=C1OC(=O)[C@]2(Br)[C@@H]3C=C[C@H](C3)[C@@H]12. The van der Waals surface area contributed by atoms with Gasteiger partial charge >= 0.3 is 11.9 Å². The van der Waals surface area contributed by atoms with E-state index in [1.165, 1.54) is 0 Å². The molecule has 0 N–H and O–H groups in total. The Morgan fingerprint density at radius 2 is 2.23 bits per heavy atom. The minimum absolute atomic E-state index is 0.140. The first-order valence-electron chi connectivity index (χ1n) is 4.27. The first-order valence-corrected chi connectivity index (χ1v) is 5.06. The summed E-state index contributed by atoms with van der Waals surface area (Å²) in [5, 5.41) is 0. The van der Waals surface area contributed by atoms with Crippen LogP contribution in [0.3, 0.4) is 0 Å². The Hall–Kier alpha value is -0.640. The number of fused-ring (bicyclic) bond motifs is 5. The van der Waals surface area contributed by atoms with Crippen LogP contribution in [0.15, 0.2) is 12.2 Å². The van der Waals surface area contributed by atoms with Crippen LogP contribution in [0.1, 0.15) is 6.42 Å². The molecule has 3 rings (SSSR count). The van der Waals surface area contributed by atoms with Crippen LogP contribution in [0.2, 0.25) is 0 Å². The minimum Gasteiger partial charge on any atom is -0.392 e. The summed E-state index contributed by atoms with van der Waals surface area (Å²) >= 11 is 3.39. The summed E-state index contributed by atoms with van der Waals surface area (Å²) in [6, 6.07) is 0. The monoisotopic (exact) mass is 242 g/mol. The van der Waals surface area contributed by atoms with Crippen molar-refractivity contribution < 1.29 is 14.3 Å². The molecule has 1 saturated heterocycles. The second-order valence-electron chi connectivity index (χ2n) is 3.85. The van der Waals surface area contributed by atoms with Gasteiger partial charge in [0.25, 0.3) is 0 Å². The molecule has 0 radical (unpaired) electrons. The number of hydrogen-bond donors (Lipinski definition) is 0. The number of alkyl halides is 1. The van der Waals surface area contributed by atoms with Crippen LogP contribution in [0.5, 0.6) is 0 Å². The van der Waals surface area contributed by atoms with Gasteiger partial charge in [-0.25, -0.2) is 4.79 Å². The van der Waals surface area contributed by atoms with Gasteiger partial charge in [-0.1, -0.05) is 28.1 Å². The van der Waals surface area contributed by atoms with Gasteiger partial charge in [0.05, 0.1) is 5.92 Å². The molecule has 0 aromatic rings. The Labute approximate surface area is 83.3 Å². The smallest absolute Gasteiger partial charge is 0.332 e. The van der Waals surface area contributed by atoms with Crippen molar-refractivity contribution in [3.8, 4) is 0 Å². The molecule has 1 aliphatic heterocycles. The lowest BCUT2D eigenvalue weighted by molar-refractivity contribution is -0.154. The van der Waals surface area contributed by atoms with Gasteiger partial charge in [-0.2, -0.15) is 0 Å². The van der Waals surface area contributed by atoms with Gasteiger partial charge in [0, 0.05) is 5.92 Å². The molecule has 0 amide bonds. The minimum atomic E-state index is -0.733. The second-order valence-corrected chi connectivity index (χ2v) is 5.16. The fourth-order valence-corrected chi connectivity index (χ4v) is 3.63. The van der Waals surface area contributed by atoms with Gasteiger partial charge < -0.3 is 4.74 Å². The molecule has 2 fully saturated rings. The number of esters is 2. The quantitative estimate of drug-likeness (QED) is 0.276. The zero-order chi connectivity index (χ0) is 9.22. The number of carbonyl (C=O) groups is 2. The van der Waals surface area contributed by atoms with Crippen molar-refractivity contribution in [1.29, 1.82) is 0 Å². The van der Waals surface area contributed by atoms with Crippen LogP contribution in [-0.2, 0) is 14.3 Å². The van der Waals surface area contributed by atoms with Gasteiger partial charge in [-0.05, 0) is 12.3 Å². The van der Waals surface area contributed by atoms with Crippen LogP contribution in [-0.4, -0.2) is 16.3 Å². The topological polar surface area (TPSA) is 43.4 Å². The van der Waals surface area contributed by atoms with E-state index >= 15 is 0 Å². The lowest BCUT2D eigenvalue weighted by Crippen LogP contribution is -2.38. The average molecular weight is 243 g/mol. The summed E-state index contributed by atoms with van der Waals surface area (Å²) in [6.45, 7) is 0. The number of carbonyl (C=O) groups excluding carboxylic acids is 2.